The van der Waals surface area contributed by atoms with E-state index in [1.54, 1.807) is 36.3 Å². The Hall–Kier alpha value is -2.35. The molecule has 0 aliphatic rings. The molecule has 0 fully saturated rings. The number of aromatic nitrogens is 2. The molecule has 1 aromatic heterocycles. The van der Waals surface area contributed by atoms with Crippen LogP contribution < -0.4 is 5.32 Å². The molecule has 1 amide bonds. The third-order valence-electron chi connectivity index (χ3n) is 3.03. The molecule has 0 radical (unpaired) electrons. The van der Waals surface area contributed by atoms with Crippen molar-refractivity contribution in [3.8, 4) is 0 Å². The van der Waals surface area contributed by atoms with Crippen molar-refractivity contribution in [3.05, 3.63) is 53.6 Å². The van der Waals surface area contributed by atoms with Crippen LogP contribution in [0.15, 0.2) is 36.7 Å². The maximum atomic E-state index is 13.1. The molecule has 0 bridgehead atoms. The van der Waals surface area contributed by atoms with Gasteiger partial charge in [0.05, 0.1) is 23.7 Å². The fourth-order valence-corrected chi connectivity index (χ4v) is 2.58. The van der Waals surface area contributed by atoms with Crippen molar-refractivity contribution in [2.75, 3.05) is 11.5 Å². The lowest BCUT2D eigenvalue weighted by Gasteiger charge is -2.18. The average molecular weight is 337 g/mol. The molecule has 6 nitrogen and oxygen atoms in total. The van der Waals surface area contributed by atoms with Gasteiger partial charge in [-0.2, -0.15) is 5.10 Å². The summed E-state index contributed by atoms with van der Waals surface area (Å²) in [5.41, 5.74) is 1.48. The molecular formula is C15H16FN3O3S. The Kier molecular flexibility index (Phi) is 5.75. The Morgan fingerprint density at radius 1 is 1.30 bits per heavy atom. The quantitative estimate of drug-likeness (QED) is 0.801. The van der Waals surface area contributed by atoms with Gasteiger partial charge in [0.15, 0.2) is 0 Å². The summed E-state index contributed by atoms with van der Waals surface area (Å²) in [6.07, 6.45) is 3.39. The van der Waals surface area contributed by atoms with Gasteiger partial charge in [0.25, 0.3) is 0 Å². The third kappa shape index (κ3) is 5.10. The molecule has 2 N–H and O–H groups in total. The molecule has 0 aliphatic carbocycles. The first-order valence-corrected chi connectivity index (χ1v) is 7.94. The standard InChI is InChI=1S/C15H16FN3O3S/c1-19-7-11(6-17-19)15(10-2-4-12(16)5-3-10)18-13(20)8-23-9-14(21)22/h2-7,15H,8-9H2,1H3,(H,18,20)(H,21,22). The lowest BCUT2D eigenvalue weighted by Crippen LogP contribution is -2.30. The average Bonchev–Trinajstić information content (AvgIpc) is 2.92. The zero-order valence-corrected chi connectivity index (χ0v) is 13.2. The van der Waals surface area contributed by atoms with Crippen molar-refractivity contribution in [1.29, 1.82) is 0 Å². The molecule has 8 heteroatoms. The maximum absolute atomic E-state index is 13.1. The molecule has 1 heterocycles. The summed E-state index contributed by atoms with van der Waals surface area (Å²) in [7, 11) is 1.76. The summed E-state index contributed by atoms with van der Waals surface area (Å²) in [4.78, 5) is 22.5. The lowest BCUT2D eigenvalue weighted by molar-refractivity contribution is -0.133. The van der Waals surface area contributed by atoms with Gasteiger partial charge in [0, 0.05) is 18.8 Å². The number of hydrogen-bond donors (Lipinski definition) is 2. The fraction of sp³-hybridized carbons (Fsp3) is 0.267. The van der Waals surface area contributed by atoms with Crippen LogP contribution in [-0.2, 0) is 16.6 Å². The number of benzene rings is 1. The van der Waals surface area contributed by atoms with E-state index in [9.17, 15) is 14.0 Å². The topological polar surface area (TPSA) is 84.2 Å². The minimum atomic E-state index is -0.967. The van der Waals surface area contributed by atoms with Crippen LogP contribution in [0, 0.1) is 5.82 Å². The lowest BCUT2D eigenvalue weighted by atomic mass is 10.0. The Bertz CT molecular complexity index is 688. The summed E-state index contributed by atoms with van der Waals surface area (Å²) >= 11 is 1.02. The number of halogens is 1. The molecule has 23 heavy (non-hydrogen) atoms. The Labute approximate surface area is 136 Å². The highest BCUT2D eigenvalue weighted by Gasteiger charge is 2.18. The summed E-state index contributed by atoms with van der Waals surface area (Å²) < 4.78 is 14.7. The highest BCUT2D eigenvalue weighted by molar-refractivity contribution is 8.00. The van der Waals surface area contributed by atoms with E-state index in [0.29, 0.717) is 0 Å². The van der Waals surface area contributed by atoms with Gasteiger partial charge in [0.2, 0.25) is 5.91 Å². The van der Waals surface area contributed by atoms with Gasteiger partial charge in [0.1, 0.15) is 5.82 Å². The second-order valence-electron chi connectivity index (χ2n) is 4.89. The van der Waals surface area contributed by atoms with E-state index in [2.05, 4.69) is 10.4 Å². The van der Waals surface area contributed by atoms with Crippen LogP contribution >= 0.6 is 11.8 Å². The van der Waals surface area contributed by atoms with Crippen LogP contribution in [0.1, 0.15) is 17.2 Å². The van der Waals surface area contributed by atoms with Gasteiger partial charge in [-0.15, -0.1) is 11.8 Å². The largest absolute Gasteiger partial charge is 0.481 e. The van der Waals surface area contributed by atoms with Gasteiger partial charge < -0.3 is 10.4 Å². The second kappa shape index (κ2) is 7.77. The van der Waals surface area contributed by atoms with Crippen molar-refractivity contribution in [1.82, 2.24) is 15.1 Å². The van der Waals surface area contributed by atoms with E-state index in [1.165, 1.54) is 12.1 Å². The number of carbonyl (C=O) groups excluding carboxylic acids is 1. The minimum Gasteiger partial charge on any atom is -0.481 e. The highest BCUT2D eigenvalue weighted by atomic mass is 32.2. The number of carboxylic acids is 1. The van der Waals surface area contributed by atoms with E-state index in [0.717, 1.165) is 22.9 Å². The van der Waals surface area contributed by atoms with E-state index in [4.69, 9.17) is 5.11 Å². The van der Waals surface area contributed by atoms with Gasteiger partial charge in [-0.25, -0.2) is 4.39 Å². The first kappa shape index (κ1) is 17.0. The fourth-order valence-electron chi connectivity index (χ4n) is 2.04. The van der Waals surface area contributed by atoms with Crippen LogP contribution in [0.4, 0.5) is 4.39 Å². The Balaban J connectivity index is 2.12. The van der Waals surface area contributed by atoms with E-state index in [1.807, 2.05) is 0 Å². The monoisotopic (exact) mass is 337 g/mol. The molecule has 1 aromatic carbocycles. The first-order chi connectivity index (χ1) is 11.0. The summed E-state index contributed by atoms with van der Waals surface area (Å²) in [5.74, 6) is -1.73. The van der Waals surface area contributed by atoms with Crippen LogP contribution in [-0.4, -0.2) is 38.3 Å². The SMILES string of the molecule is Cn1cc(C(NC(=O)CSCC(=O)O)c2ccc(F)cc2)cn1. The van der Waals surface area contributed by atoms with E-state index < -0.39 is 12.0 Å². The number of rotatable bonds is 7. The van der Waals surface area contributed by atoms with Crippen LogP contribution in [0.2, 0.25) is 0 Å². The van der Waals surface area contributed by atoms with Gasteiger partial charge >= 0.3 is 5.97 Å². The number of thioether (sulfide) groups is 1. The van der Waals surface area contributed by atoms with Crippen molar-refractivity contribution < 1.29 is 19.1 Å². The van der Waals surface area contributed by atoms with Crippen molar-refractivity contribution in [2.24, 2.45) is 7.05 Å². The van der Waals surface area contributed by atoms with Crippen molar-refractivity contribution in [2.45, 2.75) is 6.04 Å². The number of carbonyl (C=O) groups is 2. The molecule has 0 spiro atoms. The zero-order valence-electron chi connectivity index (χ0n) is 12.4. The van der Waals surface area contributed by atoms with Crippen LogP contribution in [0.3, 0.4) is 0 Å². The smallest absolute Gasteiger partial charge is 0.313 e. The number of aryl methyl sites for hydroxylation is 1. The van der Waals surface area contributed by atoms with Gasteiger partial charge in [-0.1, -0.05) is 12.1 Å². The predicted molar refractivity (Wildman–Crippen MR) is 84.6 cm³/mol. The molecule has 1 atom stereocenters. The molecule has 2 rings (SSSR count). The molecule has 2 aromatic rings. The van der Waals surface area contributed by atoms with Crippen molar-refractivity contribution in [3.63, 3.8) is 0 Å². The predicted octanol–water partition coefficient (Wildman–Crippen LogP) is 1.58. The Morgan fingerprint density at radius 3 is 2.57 bits per heavy atom. The summed E-state index contributed by atoms with van der Waals surface area (Å²) in [5, 5.41) is 15.5. The molecule has 0 saturated carbocycles. The Morgan fingerprint density at radius 2 is 2.00 bits per heavy atom. The first-order valence-electron chi connectivity index (χ1n) is 6.78. The molecule has 0 saturated heterocycles. The number of hydrogen-bond acceptors (Lipinski definition) is 4. The van der Waals surface area contributed by atoms with Gasteiger partial charge in [-0.05, 0) is 17.7 Å². The summed E-state index contributed by atoms with van der Waals surface area (Å²) in [6, 6.07) is 5.37. The van der Waals surface area contributed by atoms with Crippen LogP contribution in [0.25, 0.3) is 0 Å². The minimum absolute atomic E-state index is 0.0320. The molecule has 0 aliphatic heterocycles. The van der Waals surface area contributed by atoms with E-state index >= 15 is 0 Å². The van der Waals surface area contributed by atoms with Crippen LogP contribution in [0.5, 0.6) is 0 Å². The van der Waals surface area contributed by atoms with Gasteiger partial charge in [-0.3, -0.25) is 14.3 Å². The molecule has 1 unspecified atom stereocenters. The number of aliphatic carboxylic acids is 1. The second-order valence-corrected chi connectivity index (χ2v) is 5.87. The van der Waals surface area contributed by atoms with Crippen molar-refractivity contribution >= 4 is 23.6 Å². The summed E-state index contributed by atoms with van der Waals surface area (Å²) in [6.45, 7) is 0. The third-order valence-corrected chi connectivity index (χ3v) is 3.94. The normalized spacial score (nSPS) is 11.9. The zero-order chi connectivity index (χ0) is 16.8. The maximum Gasteiger partial charge on any atom is 0.313 e. The van der Waals surface area contributed by atoms with E-state index in [-0.39, 0.29) is 23.2 Å². The number of amides is 1. The molecular weight excluding hydrogens is 321 g/mol. The number of carboxylic acid groups (broad SMARTS) is 1. The highest BCUT2D eigenvalue weighted by Crippen LogP contribution is 2.22. The number of nitrogens with zero attached hydrogens (tertiary/aromatic N) is 2. The number of nitrogens with one attached hydrogen (secondary N) is 1. The molecule has 122 valence electrons.